The molecule has 102 valence electrons. The average molecular weight is 263 g/mol. The first-order valence-electron chi connectivity index (χ1n) is 5.98. The summed E-state index contributed by atoms with van der Waals surface area (Å²) in [6, 6.07) is 9.27. The molecule has 5 nitrogen and oxygen atoms in total. The van der Waals surface area contributed by atoms with Crippen LogP contribution in [0.2, 0.25) is 0 Å². The molecular formula is C14H17NO4. The number of rotatable bonds is 5. The van der Waals surface area contributed by atoms with E-state index >= 15 is 0 Å². The molecule has 1 aromatic carbocycles. The number of amides is 1. The van der Waals surface area contributed by atoms with E-state index in [-0.39, 0.29) is 18.9 Å². The molecule has 5 heteroatoms. The van der Waals surface area contributed by atoms with E-state index in [1.165, 1.54) is 6.08 Å². The van der Waals surface area contributed by atoms with Gasteiger partial charge >= 0.3 is 12.1 Å². The van der Waals surface area contributed by atoms with Gasteiger partial charge < -0.3 is 9.47 Å². The first-order valence-corrected chi connectivity index (χ1v) is 5.98. The number of carbonyl (C=O) groups excluding carboxylic acids is 2. The Hall–Kier alpha value is -2.30. The summed E-state index contributed by atoms with van der Waals surface area (Å²) in [4.78, 5) is 22.9. The van der Waals surface area contributed by atoms with E-state index in [0.29, 0.717) is 0 Å². The van der Waals surface area contributed by atoms with Gasteiger partial charge in [0, 0.05) is 0 Å². The second-order valence-corrected chi connectivity index (χ2v) is 3.61. The molecule has 0 radical (unpaired) electrons. The summed E-state index contributed by atoms with van der Waals surface area (Å²) in [5, 5.41) is 2.35. The standard InChI is InChI=1S/C14H17NO4/c1-3-12(13(16)18-4-2)15-14(17)19-10-11-8-6-5-7-9-11/h3,5-9H,4,10H2,1-2H3,(H,15,17)/b12-3-. The molecule has 1 amide bonds. The van der Waals surface area contributed by atoms with Gasteiger partial charge in [-0.25, -0.2) is 9.59 Å². The van der Waals surface area contributed by atoms with Gasteiger partial charge in [-0.05, 0) is 19.4 Å². The number of hydrogen-bond acceptors (Lipinski definition) is 4. The van der Waals surface area contributed by atoms with E-state index in [0.717, 1.165) is 5.56 Å². The van der Waals surface area contributed by atoms with Crippen LogP contribution in [0.3, 0.4) is 0 Å². The third-order valence-corrected chi connectivity index (χ3v) is 2.23. The number of ether oxygens (including phenoxy) is 2. The summed E-state index contributed by atoms with van der Waals surface area (Å²) in [5.74, 6) is -0.582. The fourth-order valence-corrected chi connectivity index (χ4v) is 1.32. The highest BCUT2D eigenvalue weighted by Crippen LogP contribution is 2.01. The van der Waals surface area contributed by atoms with Crippen molar-refractivity contribution < 1.29 is 19.1 Å². The van der Waals surface area contributed by atoms with E-state index in [2.05, 4.69) is 5.32 Å². The summed E-state index contributed by atoms with van der Waals surface area (Å²) in [7, 11) is 0. The van der Waals surface area contributed by atoms with Crippen molar-refractivity contribution in [2.45, 2.75) is 20.5 Å². The van der Waals surface area contributed by atoms with Gasteiger partial charge in [-0.2, -0.15) is 0 Å². The zero-order valence-corrected chi connectivity index (χ0v) is 11.0. The second-order valence-electron chi connectivity index (χ2n) is 3.61. The molecule has 0 spiro atoms. The Morgan fingerprint density at radius 1 is 1.21 bits per heavy atom. The average Bonchev–Trinajstić information content (AvgIpc) is 2.44. The SMILES string of the molecule is C/C=C(\NC(=O)OCc1ccccc1)C(=O)OCC. The molecular weight excluding hydrogens is 246 g/mol. The number of carbonyl (C=O) groups is 2. The van der Waals surface area contributed by atoms with Crippen LogP contribution in [0.4, 0.5) is 4.79 Å². The van der Waals surface area contributed by atoms with Gasteiger partial charge in [0.05, 0.1) is 6.61 Å². The summed E-state index contributed by atoms with van der Waals surface area (Å²) in [5.41, 5.74) is 0.940. The number of benzene rings is 1. The fraction of sp³-hybridized carbons (Fsp3) is 0.286. The van der Waals surface area contributed by atoms with Gasteiger partial charge in [0.15, 0.2) is 0 Å². The predicted molar refractivity (Wildman–Crippen MR) is 70.2 cm³/mol. The number of alkyl carbamates (subject to hydrolysis) is 1. The van der Waals surface area contributed by atoms with Crippen LogP contribution in [0.25, 0.3) is 0 Å². The normalized spacial score (nSPS) is 10.7. The number of nitrogens with one attached hydrogen (secondary N) is 1. The van der Waals surface area contributed by atoms with Crippen molar-refractivity contribution in [1.82, 2.24) is 5.32 Å². The van der Waals surface area contributed by atoms with Crippen LogP contribution in [0, 0.1) is 0 Å². The van der Waals surface area contributed by atoms with Crippen LogP contribution in [-0.2, 0) is 20.9 Å². The highest BCUT2D eigenvalue weighted by atomic mass is 16.6. The number of allylic oxidation sites excluding steroid dienone is 1. The Morgan fingerprint density at radius 3 is 2.47 bits per heavy atom. The van der Waals surface area contributed by atoms with Crippen molar-refractivity contribution >= 4 is 12.1 Å². The molecule has 0 atom stereocenters. The van der Waals surface area contributed by atoms with Crippen molar-refractivity contribution in [1.29, 1.82) is 0 Å². The van der Waals surface area contributed by atoms with Crippen molar-refractivity contribution in [2.24, 2.45) is 0 Å². The van der Waals surface area contributed by atoms with E-state index in [4.69, 9.17) is 9.47 Å². The molecule has 0 bridgehead atoms. The summed E-state index contributed by atoms with van der Waals surface area (Å²) >= 11 is 0. The lowest BCUT2D eigenvalue weighted by atomic mass is 10.2. The Morgan fingerprint density at radius 2 is 1.89 bits per heavy atom. The molecule has 0 aromatic heterocycles. The van der Waals surface area contributed by atoms with E-state index in [1.54, 1.807) is 13.8 Å². The molecule has 0 saturated carbocycles. The van der Waals surface area contributed by atoms with Gasteiger partial charge in [0.2, 0.25) is 0 Å². The van der Waals surface area contributed by atoms with E-state index < -0.39 is 12.1 Å². The first kappa shape index (κ1) is 14.8. The Labute approximate surface area is 112 Å². The highest BCUT2D eigenvalue weighted by molar-refractivity contribution is 5.92. The molecule has 0 aliphatic carbocycles. The van der Waals surface area contributed by atoms with Gasteiger partial charge in [-0.15, -0.1) is 0 Å². The van der Waals surface area contributed by atoms with Crippen molar-refractivity contribution in [2.75, 3.05) is 6.61 Å². The maximum atomic E-state index is 11.5. The second kappa shape index (κ2) is 7.92. The van der Waals surface area contributed by atoms with Crippen LogP contribution < -0.4 is 5.32 Å². The fourth-order valence-electron chi connectivity index (χ4n) is 1.32. The molecule has 0 unspecified atom stereocenters. The third kappa shape index (κ3) is 5.25. The molecule has 1 rings (SSSR count). The summed E-state index contributed by atoms with van der Waals surface area (Å²) < 4.78 is 9.77. The lowest BCUT2D eigenvalue weighted by Gasteiger charge is -2.09. The number of esters is 1. The smallest absolute Gasteiger partial charge is 0.412 e. The Kier molecular flexibility index (Phi) is 6.15. The van der Waals surface area contributed by atoms with Gasteiger partial charge in [0.1, 0.15) is 12.3 Å². The maximum absolute atomic E-state index is 11.5. The predicted octanol–water partition coefficient (Wildman–Crippen LogP) is 2.38. The summed E-state index contributed by atoms with van der Waals surface area (Å²) in [6.45, 7) is 3.71. The van der Waals surface area contributed by atoms with Crippen LogP contribution in [-0.4, -0.2) is 18.7 Å². The first-order chi connectivity index (χ1) is 9.17. The van der Waals surface area contributed by atoms with Gasteiger partial charge in [-0.3, -0.25) is 5.32 Å². The van der Waals surface area contributed by atoms with Crippen LogP contribution >= 0.6 is 0 Å². The molecule has 0 heterocycles. The van der Waals surface area contributed by atoms with Crippen LogP contribution in [0.1, 0.15) is 19.4 Å². The molecule has 1 N–H and O–H groups in total. The lowest BCUT2D eigenvalue weighted by molar-refractivity contribution is -0.138. The quantitative estimate of drug-likeness (QED) is 0.654. The topological polar surface area (TPSA) is 64.6 Å². The minimum absolute atomic E-state index is 0.0694. The van der Waals surface area contributed by atoms with Crippen LogP contribution in [0.5, 0.6) is 0 Å². The van der Waals surface area contributed by atoms with Gasteiger partial charge in [-0.1, -0.05) is 36.4 Å². The van der Waals surface area contributed by atoms with E-state index in [9.17, 15) is 9.59 Å². The monoisotopic (exact) mass is 263 g/mol. The molecule has 0 saturated heterocycles. The van der Waals surface area contributed by atoms with Crippen molar-refractivity contribution in [3.05, 3.63) is 47.7 Å². The minimum atomic E-state index is -0.690. The molecule has 0 aliphatic rings. The van der Waals surface area contributed by atoms with Crippen molar-refractivity contribution in [3.63, 3.8) is 0 Å². The van der Waals surface area contributed by atoms with Gasteiger partial charge in [0.25, 0.3) is 0 Å². The summed E-state index contributed by atoms with van der Waals surface area (Å²) in [6.07, 6.45) is 0.770. The Bertz CT molecular complexity index is 454. The molecule has 1 aromatic rings. The highest BCUT2D eigenvalue weighted by Gasteiger charge is 2.13. The van der Waals surface area contributed by atoms with E-state index in [1.807, 2.05) is 30.3 Å². The zero-order valence-electron chi connectivity index (χ0n) is 11.0. The molecule has 0 fully saturated rings. The number of hydrogen-bond donors (Lipinski definition) is 1. The zero-order chi connectivity index (χ0) is 14.1. The largest absolute Gasteiger partial charge is 0.461 e. The molecule has 19 heavy (non-hydrogen) atoms. The lowest BCUT2D eigenvalue weighted by Crippen LogP contribution is -2.29. The minimum Gasteiger partial charge on any atom is -0.461 e. The third-order valence-electron chi connectivity index (χ3n) is 2.23. The van der Waals surface area contributed by atoms with Crippen molar-refractivity contribution in [3.8, 4) is 0 Å². The maximum Gasteiger partial charge on any atom is 0.412 e. The van der Waals surface area contributed by atoms with Crippen LogP contribution in [0.15, 0.2) is 42.1 Å². The molecule has 0 aliphatic heterocycles. The Balaban J connectivity index is 2.44.